The molecule has 0 heterocycles. The molecule has 0 spiro atoms. The Balaban J connectivity index is 2.74. The van der Waals surface area contributed by atoms with E-state index in [4.69, 9.17) is 0 Å². The molecular weight excluding hydrogens is 192 g/mol. The third-order valence-corrected chi connectivity index (χ3v) is 3.36. The van der Waals surface area contributed by atoms with Gasteiger partial charge in [-0.3, -0.25) is 0 Å². The molecule has 2 aromatic carbocycles. The van der Waals surface area contributed by atoms with E-state index in [1.54, 1.807) is 0 Å². The summed E-state index contributed by atoms with van der Waals surface area (Å²) in [6, 6.07) is 13.0. The summed E-state index contributed by atoms with van der Waals surface area (Å²) < 4.78 is 0. The number of rotatable bonds is 1. The lowest BCUT2D eigenvalue weighted by molar-refractivity contribution is 1.29. The van der Waals surface area contributed by atoms with Crippen LogP contribution in [0.2, 0.25) is 0 Å². The van der Waals surface area contributed by atoms with Gasteiger partial charge in [-0.25, -0.2) is 0 Å². The lowest BCUT2D eigenvalue weighted by Crippen LogP contribution is -1.93. The van der Waals surface area contributed by atoms with E-state index in [-0.39, 0.29) is 0 Å². The van der Waals surface area contributed by atoms with Crippen LogP contribution in [0.25, 0.3) is 11.1 Å². The average Bonchev–Trinajstić information content (AvgIpc) is 2.27. The van der Waals surface area contributed by atoms with E-state index < -0.39 is 0 Å². The Labute approximate surface area is 97.9 Å². The number of hydrogen-bond acceptors (Lipinski definition) is 0. The van der Waals surface area contributed by atoms with Gasteiger partial charge in [0.1, 0.15) is 0 Å². The van der Waals surface area contributed by atoms with E-state index in [1.165, 1.54) is 33.4 Å². The highest BCUT2D eigenvalue weighted by Crippen LogP contribution is 2.31. The standard InChI is InChI=1S/C16H18/c1-11-9-10-13(3)16(14(11)4)15-8-6-5-7-12(15)2/h5-10H,1-4H3. The normalized spacial score (nSPS) is 10.5. The Kier molecular flexibility index (Phi) is 2.82. The van der Waals surface area contributed by atoms with Crippen molar-refractivity contribution in [1.82, 2.24) is 0 Å². The molecule has 0 atom stereocenters. The van der Waals surface area contributed by atoms with Crippen LogP contribution in [-0.2, 0) is 0 Å². The summed E-state index contributed by atoms with van der Waals surface area (Å²) in [5.74, 6) is 0. The smallest absolute Gasteiger partial charge is 0.0120 e. The fourth-order valence-corrected chi connectivity index (χ4v) is 2.22. The van der Waals surface area contributed by atoms with Crippen molar-refractivity contribution in [3.63, 3.8) is 0 Å². The highest BCUT2D eigenvalue weighted by molar-refractivity contribution is 5.74. The molecule has 0 fully saturated rings. The lowest BCUT2D eigenvalue weighted by Gasteiger charge is -2.14. The Hall–Kier alpha value is -1.56. The fourth-order valence-electron chi connectivity index (χ4n) is 2.22. The first-order valence-electron chi connectivity index (χ1n) is 5.74. The largest absolute Gasteiger partial charge is 0.0620 e. The first-order valence-corrected chi connectivity index (χ1v) is 5.74. The van der Waals surface area contributed by atoms with Crippen molar-refractivity contribution in [2.45, 2.75) is 27.7 Å². The second-order valence-corrected chi connectivity index (χ2v) is 4.51. The molecule has 82 valence electrons. The molecule has 0 amide bonds. The maximum absolute atomic E-state index is 2.21. The van der Waals surface area contributed by atoms with Crippen molar-refractivity contribution in [3.05, 3.63) is 58.7 Å². The predicted molar refractivity (Wildman–Crippen MR) is 70.8 cm³/mol. The maximum Gasteiger partial charge on any atom is -0.0120 e. The molecule has 0 radical (unpaired) electrons. The summed E-state index contributed by atoms with van der Waals surface area (Å²) in [6.07, 6.45) is 0. The molecule has 0 bridgehead atoms. The van der Waals surface area contributed by atoms with Gasteiger partial charge in [0, 0.05) is 0 Å². The van der Waals surface area contributed by atoms with Crippen molar-refractivity contribution >= 4 is 0 Å². The quantitative estimate of drug-likeness (QED) is 0.646. The Morgan fingerprint density at radius 3 is 1.94 bits per heavy atom. The van der Waals surface area contributed by atoms with Crippen molar-refractivity contribution in [2.24, 2.45) is 0 Å². The number of hydrogen-bond donors (Lipinski definition) is 0. The Morgan fingerprint density at radius 2 is 1.25 bits per heavy atom. The molecule has 0 saturated heterocycles. The van der Waals surface area contributed by atoms with Gasteiger partial charge < -0.3 is 0 Å². The van der Waals surface area contributed by atoms with Crippen molar-refractivity contribution < 1.29 is 0 Å². The minimum Gasteiger partial charge on any atom is -0.0620 e. The molecule has 2 aromatic rings. The van der Waals surface area contributed by atoms with Crippen LogP contribution < -0.4 is 0 Å². The van der Waals surface area contributed by atoms with E-state index in [9.17, 15) is 0 Å². The zero-order valence-electron chi connectivity index (χ0n) is 10.5. The zero-order chi connectivity index (χ0) is 11.7. The van der Waals surface area contributed by atoms with Gasteiger partial charge in [-0.2, -0.15) is 0 Å². The molecule has 0 heteroatoms. The van der Waals surface area contributed by atoms with Gasteiger partial charge in [-0.1, -0.05) is 36.4 Å². The number of aryl methyl sites for hydroxylation is 3. The van der Waals surface area contributed by atoms with Crippen LogP contribution in [0.1, 0.15) is 22.3 Å². The molecular formula is C16H18. The van der Waals surface area contributed by atoms with Crippen molar-refractivity contribution in [2.75, 3.05) is 0 Å². The highest BCUT2D eigenvalue weighted by atomic mass is 14.1. The van der Waals surface area contributed by atoms with Crippen LogP contribution in [0.5, 0.6) is 0 Å². The number of benzene rings is 2. The van der Waals surface area contributed by atoms with Gasteiger partial charge in [0.05, 0.1) is 0 Å². The molecule has 0 aliphatic rings. The second-order valence-electron chi connectivity index (χ2n) is 4.51. The molecule has 0 N–H and O–H groups in total. The SMILES string of the molecule is Cc1ccccc1-c1c(C)ccc(C)c1C. The predicted octanol–water partition coefficient (Wildman–Crippen LogP) is 4.59. The summed E-state index contributed by atoms with van der Waals surface area (Å²) in [6.45, 7) is 8.76. The lowest BCUT2D eigenvalue weighted by atomic mass is 9.90. The van der Waals surface area contributed by atoms with Crippen molar-refractivity contribution in [3.8, 4) is 11.1 Å². The second kappa shape index (κ2) is 4.13. The van der Waals surface area contributed by atoms with E-state index in [2.05, 4.69) is 64.1 Å². The first kappa shape index (κ1) is 10.9. The zero-order valence-corrected chi connectivity index (χ0v) is 10.5. The summed E-state index contributed by atoms with van der Waals surface area (Å²) in [4.78, 5) is 0. The van der Waals surface area contributed by atoms with Crippen LogP contribution in [0.4, 0.5) is 0 Å². The van der Waals surface area contributed by atoms with E-state index in [1.807, 2.05) is 0 Å². The van der Waals surface area contributed by atoms with Gasteiger partial charge in [0.15, 0.2) is 0 Å². The average molecular weight is 210 g/mol. The first-order chi connectivity index (χ1) is 7.61. The summed E-state index contributed by atoms with van der Waals surface area (Å²) in [5.41, 5.74) is 8.23. The molecule has 16 heavy (non-hydrogen) atoms. The van der Waals surface area contributed by atoms with Crippen LogP contribution in [0.3, 0.4) is 0 Å². The third-order valence-electron chi connectivity index (χ3n) is 3.36. The minimum atomic E-state index is 1.35. The van der Waals surface area contributed by atoms with E-state index in [0.29, 0.717) is 0 Å². The molecule has 0 saturated carbocycles. The summed E-state index contributed by atoms with van der Waals surface area (Å²) in [7, 11) is 0. The van der Waals surface area contributed by atoms with Crippen LogP contribution in [0, 0.1) is 27.7 Å². The highest BCUT2D eigenvalue weighted by Gasteiger charge is 2.08. The van der Waals surface area contributed by atoms with E-state index in [0.717, 1.165) is 0 Å². The van der Waals surface area contributed by atoms with E-state index >= 15 is 0 Å². The molecule has 0 aromatic heterocycles. The molecule has 0 aliphatic carbocycles. The van der Waals surface area contributed by atoms with Gasteiger partial charge >= 0.3 is 0 Å². The Bertz CT molecular complexity index is 522. The van der Waals surface area contributed by atoms with Crippen LogP contribution in [0.15, 0.2) is 36.4 Å². The molecule has 0 unspecified atom stereocenters. The summed E-state index contributed by atoms with van der Waals surface area (Å²) in [5, 5.41) is 0. The van der Waals surface area contributed by atoms with Gasteiger partial charge in [-0.05, 0) is 61.1 Å². The molecule has 2 rings (SSSR count). The minimum absolute atomic E-state index is 1.35. The molecule has 0 nitrogen and oxygen atoms in total. The summed E-state index contributed by atoms with van der Waals surface area (Å²) >= 11 is 0. The van der Waals surface area contributed by atoms with Gasteiger partial charge in [0.25, 0.3) is 0 Å². The van der Waals surface area contributed by atoms with Crippen LogP contribution in [-0.4, -0.2) is 0 Å². The molecule has 0 aliphatic heterocycles. The topological polar surface area (TPSA) is 0 Å². The Morgan fingerprint density at radius 1 is 0.625 bits per heavy atom. The fraction of sp³-hybridized carbons (Fsp3) is 0.250. The van der Waals surface area contributed by atoms with Crippen molar-refractivity contribution in [1.29, 1.82) is 0 Å². The van der Waals surface area contributed by atoms with Gasteiger partial charge in [0.2, 0.25) is 0 Å². The third kappa shape index (κ3) is 1.76. The maximum atomic E-state index is 2.21. The van der Waals surface area contributed by atoms with Gasteiger partial charge in [-0.15, -0.1) is 0 Å². The monoisotopic (exact) mass is 210 g/mol. The van der Waals surface area contributed by atoms with Crippen LogP contribution >= 0.6 is 0 Å².